The van der Waals surface area contributed by atoms with Crippen LogP contribution in [-0.2, 0) is 38.3 Å². The monoisotopic (exact) mass is 354 g/mol. The minimum Gasteiger partial charge on any atom is -0.425 e. The zero-order valence-electron chi connectivity index (χ0n) is 13.1. The molecule has 0 saturated carbocycles. The van der Waals surface area contributed by atoms with Gasteiger partial charge in [-0.05, 0) is 0 Å². The van der Waals surface area contributed by atoms with Crippen LogP contribution in [0.5, 0.6) is 0 Å². The maximum absolute atomic E-state index is 11.6. The van der Waals surface area contributed by atoms with E-state index in [0.717, 1.165) is 17.1 Å². The van der Waals surface area contributed by atoms with Crippen molar-refractivity contribution < 1.29 is 43.1 Å². The first-order chi connectivity index (χ1) is 11.8. The zero-order valence-corrected chi connectivity index (χ0v) is 13.1. The van der Waals surface area contributed by atoms with E-state index in [0.29, 0.717) is 0 Å². The van der Waals surface area contributed by atoms with Gasteiger partial charge in [0.15, 0.2) is 0 Å². The lowest BCUT2D eigenvalue weighted by molar-refractivity contribution is -0.191. The van der Waals surface area contributed by atoms with Crippen LogP contribution in [0.4, 0.5) is 4.79 Å². The quantitative estimate of drug-likeness (QED) is 0.348. The molecule has 0 aromatic carbocycles. The van der Waals surface area contributed by atoms with Gasteiger partial charge in [0.2, 0.25) is 6.29 Å². The maximum atomic E-state index is 11.6. The highest BCUT2D eigenvalue weighted by Crippen LogP contribution is 2.13. The third kappa shape index (κ3) is 4.62. The fourth-order valence-corrected chi connectivity index (χ4v) is 2.01. The van der Waals surface area contributed by atoms with Crippen molar-refractivity contribution in [3.8, 4) is 0 Å². The van der Waals surface area contributed by atoms with Crippen LogP contribution in [0.15, 0.2) is 12.2 Å². The van der Waals surface area contributed by atoms with Crippen molar-refractivity contribution in [3.05, 3.63) is 12.2 Å². The molecule has 0 spiro atoms. The SMILES string of the molecule is CC(OC(=O)CCN1C(=O)C=CC1=O)OC(=O)ON1C(=O)CCC1=O. The van der Waals surface area contributed by atoms with Crippen LogP contribution in [0.25, 0.3) is 0 Å². The van der Waals surface area contributed by atoms with Crippen molar-refractivity contribution in [2.45, 2.75) is 32.5 Å². The molecule has 11 heteroatoms. The largest absolute Gasteiger partial charge is 0.537 e. The number of rotatable bonds is 6. The lowest BCUT2D eigenvalue weighted by Gasteiger charge is -2.17. The Balaban J connectivity index is 1.71. The van der Waals surface area contributed by atoms with Gasteiger partial charge >= 0.3 is 12.1 Å². The summed E-state index contributed by atoms with van der Waals surface area (Å²) >= 11 is 0. The van der Waals surface area contributed by atoms with Gasteiger partial charge in [-0.15, -0.1) is 0 Å². The molecule has 1 unspecified atom stereocenters. The van der Waals surface area contributed by atoms with Crippen molar-refractivity contribution in [2.24, 2.45) is 0 Å². The topological polar surface area (TPSA) is 137 Å². The summed E-state index contributed by atoms with van der Waals surface area (Å²) in [5.74, 6) is -3.27. The summed E-state index contributed by atoms with van der Waals surface area (Å²) in [6, 6.07) is 0. The molecule has 1 saturated heterocycles. The van der Waals surface area contributed by atoms with Gasteiger partial charge in [0.05, 0.1) is 6.42 Å². The molecule has 2 heterocycles. The smallest absolute Gasteiger partial charge is 0.425 e. The summed E-state index contributed by atoms with van der Waals surface area (Å²) in [6.45, 7) is 1.03. The number of hydroxylamine groups is 2. The molecule has 2 rings (SSSR count). The van der Waals surface area contributed by atoms with Crippen molar-refractivity contribution in [2.75, 3.05) is 6.54 Å². The highest BCUT2D eigenvalue weighted by atomic mass is 16.9. The van der Waals surface area contributed by atoms with E-state index >= 15 is 0 Å². The van der Waals surface area contributed by atoms with Crippen LogP contribution in [-0.4, -0.2) is 58.6 Å². The second-order valence-corrected chi connectivity index (χ2v) is 5.01. The highest BCUT2D eigenvalue weighted by molar-refractivity contribution is 6.13. The Morgan fingerprint density at radius 1 is 1.04 bits per heavy atom. The number of nitrogens with zero attached hydrogens (tertiary/aromatic N) is 2. The number of imide groups is 2. The Morgan fingerprint density at radius 2 is 1.60 bits per heavy atom. The van der Waals surface area contributed by atoms with E-state index in [1.54, 1.807) is 0 Å². The van der Waals surface area contributed by atoms with E-state index < -0.39 is 42.0 Å². The van der Waals surface area contributed by atoms with Gasteiger partial charge in [-0.1, -0.05) is 5.06 Å². The van der Waals surface area contributed by atoms with E-state index in [-0.39, 0.29) is 30.9 Å². The van der Waals surface area contributed by atoms with Gasteiger partial charge in [-0.25, -0.2) is 4.79 Å². The predicted octanol–water partition coefficient (Wildman–Crippen LogP) is -0.592. The number of carbonyl (C=O) groups is 6. The summed E-state index contributed by atoms with van der Waals surface area (Å²) in [7, 11) is 0. The summed E-state index contributed by atoms with van der Waals surface area (Å²) in [6.07, 6.45) is -1.04. The number of amides is 4. The molecule has 0 aromatic rings. The average Bonchev–Trinajstić information content (AvgIpc) is 3.01. The molecular formula is C14H14N2O9. The van der Waals surface area contributed by atoms with Crippen LogP contribution in [0.3, 0.4) is 0 Å². The molecule has 1 atom stereocenters. The second-order valence-electron chi connectivity index (χ2n) is 5.01. The van der Waals surface area contributed by atoms with Gasteiger partial charge in [-0.3, -0.25) is 33.7 Å². The molecule has 0 bridgehead atoms. The molecule has 2 aliphatic heterocycles. The average molecular weight is 354 g/mol. The van der Waals surface area contributed by atoms with Crippen molar-refractivity contribution >= 4 is 35.8 Å². The third-order valence-corrected chi connectivity index (χ3v) is 3.17. The molecule has 134 valence electrons. The zero-order chi connectivity index (χ0) is 18.6. The Bertz CT molecular complexity index is 635. The molecule has 2 aliphatic rings. The Hall–Kier alpha value is -3.24. The van der Waals surface area contributed by atoms with Gasteiger partial charge in [0, 0.05) is 38.5 Å². The molecule has 0 radical (unpaired) electrons. The molecule has 0 aromatic heterocycles. The van der Waals surface area contributed by atoms with Crippen molar-refractivity contribution in [3.63, 3.8) is 0 Å². The normalized spacial score (nSPS) is 18.0. The third-order valence-electron chi connectivity index (χ3n) is 3.17. The standard InChI is InChI=1S/C14H14N2O9/c1-8(24-14(22)25-16-11(19)4-5-12(16)20)23-13(21)6-7-15-9(17)2-3-10(15)18/h2-3,8H,4-7H2,1H3. The first-order valence-corrected chi connectivity index (χ1v) is 7.25. The van der Waals surface area contributed by atoms with Gasteiger partial charge in [-0.2, -0.15) is 0 Å². The van der Waals surface area contributed by atoms with Gasteiger partial charge < -0.3 is 9.47 Å². The Kier molecular flexibility index (Phi) is 5.47. The number of carbonyl (C=O) groups excluding carboxylic acids is 6. The Morgan fingerprint density at radius 3 is 2.16 bits per heavy atom. The van der Waals surface area contributed by atoms with Crippen LogP contribution >= 0.6 is 0 Å². The maximum Gasteiger partial charge on any atom is 0.537 e. The van der Waals surface area contributed by atoms with E-state index in [1.165, 1.54) is 6.92 Å². The van der Waals surface area contributed by atoms with Crippen LogP contribution in [0, 0.1) is 0 Å². The number of hydrogen-bond donors (Lipinski definition) is 0. The summed E-state index contributed by atoms with van der Waals surface area (Å²) in [5, 5.41) is 0.286. The van der Waals surface area contributed by atoms with E-state index in [4.69, 9.17) is 4.74 Å². The van der Waals surface area contributed by atoms with Crippen LogP contribution < -0.4 is 0 Å². The van der Waals surface area contributed by atoms with Gasteiger partial charge in [0.1, 0.15) is 0 Å². The van der Waals surface area contributed by atoms with E-state index in [2.05, 4.69) is 9.57 Å². The minimum atomic E-state index is -1.39. The molecular weight excluding hydrogens is 340 g/mol. The molecule has 0 N–H and O–H groups in total. The number of hydrogen-bond acceptors (Lipinski definition) is 9. The second kappa shape index (κ2) is 7.55. The fourth-order valence-electron chi connectivity index (χ4n) is 2.01. The first kappa shape index (κ1) is 18.1. The molecule has 0 aliphatic carbocycles. The summed E-state index contributed by atoms with van der Waals surface area (Å²) < 4.78 is 9.33. The lowest BCUT2D eigenvalue weighted by Crippen LogP contribution is -2.35. The molecule has 4 amide bonds. The predicted molar refractivity (Wildman–Crippen MR) is 74.7 cm³/mol. The number of ether oxygens (including phenoxy) is 2. The fraction of sp³-hybridized carbons (Fsp3) is 0.429. The van der Waals surface area contributed by atoms with E-state index in [9.17, 15) is 28.8 Å². The molecule has 11 nitrogen and oxygen atoms in total. The minimum absolute atomic E-state index is 0.0700. The van der Waals surface area contributed by atoms with Crippen LogP contribution in [0.2, 0.25) is 0 Å². The van der Waals surface area contributed by atoms with Gasteiger partial charge in [0.25, 0.3) is 23.6 Å². The van der Waals surface area contributed by atoms with E-state index in [1.807, 2.05) is 0 Å². The van der Waals surface area contributed by atoms with Crippen molar-refractivity contribution in [1.82, 2.24) is 9.96 Å². The Labute approximate surface area is 141 Å². The number of esters is 1. The summed E-state index contributed by atoms with van der Waals surface area (Å²) in [5.41, 5.74) is 0. The lowest BCUT2D eigenvalue weighted by atomic mass is 10.4. The summed E-state index contributed by atoms with van der Waals surface area (Å²) in [4.78, 5) is 73.5. The highest BCUT2D eigenvalue weighted by Gasteiger charge is 2.34. The molecule has 25 heavy (non-hydrogen) atoms. The molecule has 1 fully saturated rings. The van der Waals surface area contributed by atoms with Crippen LogP contribution in [0.1, 0.15) is 26.2 Å². The van der Waals surface area contributed by atoms with Crippen molar-refractivity contribution in [1.29, 1.82) is 0 Å². The first-order valence-electron chi connectivity index (χ1n) is 7.25.